The molecule has 0 bridgehead atoms. The van der Waals surface area contributed by atoms with E-state index in [1.54, 1.807) is 18.2 Å². The fourth-order valence-electron chi connectivity index (χ4n) is 3.43. The van der Waals surface area contributed by atoms with Gasteiger partial charge < -0.3 is 4.74 Å². The van der Waals surface area contributed by atoms with E-state index >= 15 is 0 Å². The molecule has 1 saturated heterocycles. The second-order valence-electron chi connectivity index (χ2n) is 7.04. The van der Waals surface area contributed by atoms with Crippen LogP contribution in [0, 0.1) is 16.0 Å². The van der Waals surface area contributed by atoms with Crippen molar-refractivity contribution in [1.29, 1.82) is 0 Å². The monoisotopic (exact) mass is 380 g/mol. The van der Waals surface area contributed by atoms with Crippen LogP contribution in [0.25, 0.3) is 6.08 Å². The molecular weight excluding hydrogens is 356 g/mol. The fourth-order valence-corrected chi connectivity index (χ4v) is 3.43. The van der Waals surface area contributed by atoms with Crippen molar-refractivity contribution >= 4 is 17.7 Å². The van der Waals surface area contributed by atoms with E-state index in [4.69, 9.17) is 4.74 Å². The summed E-state index contributed by atoms with van der Waals surface area (Å²) in [5.41, 5.74) is 2.00. The molecule has 28 heavy (non-hydrogen) atoms. The molecule has 0 radical (unpaired) electrons. The molecule has 146 valence electrons. The van der Waals surface area contributed by atoms with Crippen molar-refractivity contribution in [3.05, 3.63) is 81.9 Å². The lowest BCUT2D eigenvalue weighted by Gasteiger charge is -2.32. The van der Waals surface area contributed by atoms with Gasteiger partial charge in [0.2, 0.25) is 0 Å². The molecule has 1 aliphatic heterocycles. The number of nitro benzene ring substituents is 1. The predicted molar refractivity (Wildman–Crippen MR) is 108 cm³/mol. The van der Waals surface area contributed by atoms with E-state index in [1.165, 1.54) is 12.1 Å². The number of likely N-dealkylation sites (tertiary alicyclic amines) is 1. The molecule has 6 heteroatoms. The average Bonchev–Trinajstić information content (AvgIpc) is 2.72. The number of benzene rings is 2. The number of ether oxygens (including phenoxy) is 1. The molecule has 1 atom stereocenters. The lowest BCUT2D eigenvalue weighted by Crippen LogP contribution is -2.37. The van der Waals surface area contributed by atoms with Gasteiger partial charge in [-0.15, -0.1) is 0 Å². The van der Waals surface area contributed by atoms with Gasteiger partial charge in [0.1, 0.15) is 0 Å². The smallest absolute Gasteiger partial charge is 0.330 e. The van der Waals surface area contributed by atoms with Gasteiger partial charge >= 0.3 is 5.97 Å². The molecule has 0 saturated carbocycles. The van der Waals surface area contributed by atoms with Crippen LogP contribution < -0.4 is 0 Å². The first-order valence-electron chi connectivity index (χ1n) is 9.46. The van der Waals surface area contributed by atoms with Crippen LogP contribution in [-0.2, 0) is 16.1 Å². The van der Waals surface area contributed by atoms with Crippen LogP contribution in [0.1, 0.15) is 24.0 Å². The first kappa shape index (κ1) is 19.8. The maximum Gasteiger partial charge on any atom is 0.330 e. The maximum atomic E-state index is 11.9. The highest BCUT2D eigenvalue weighted by Gasteiger charge is 2.21. The number of carbonyl (C=O) groups is 1. The molecule has 0 N–H and O–H groups in total. The molecule has 0 unspecified atom stereocenters. The van der Waals surface area contributed by atoms with Crippen LogP contribution in [0.5, 0.6) is 0 Å². The Hall–Kier alpha value is -2.99. The third-order valence-corrected chi connectivity index (χ3v) is 4.80. The number of rotatable bonds is 7. The van der Waals surface area contributed by atoms with E-state index < -0.39 is 0 Å². The Kier molecular flexibility index (Phi) is 6.92. The minimum Gasteiger partial charge on any atom is -0.462 e. The second kappa shape index (κ2) is 9.80. The molecule has 2 aromatic rings. The molecule has 2 aromatic carbocycles. The number of non-ortho nitro benzene ring substituents is 1. The van der Waals surface area contributed by atoms with E-state index in [1.807, 2.05) is 36.4 Å². The summed E-state index contributed by atoms with van der Waals surface area (Å²) in [4.78, 5) is 24.8. The van der Waals surface area contributed by atoms with Crippen molar-refractivity contribution in [2.75, 3.05) is 19.7 Å². The van der Waals surface area contributed by atoms with Gasteiger partial charge in [0, 0.05) is 37.2 Å². The van der Waals surface area contributed by atoms with Crippen molar-refractivity contribution in [2.24, 2.45) is 5.92 Å². The SMILES string of the molecule is O=C(/C=C/c1ccccc1)OC[C@@H]1CCCN(Cc2cccc([N+](=O)[O-])c2)C1. The summed E-state index contributed by atoms with van der Waals surface area (Å²) in [5.74, 6) is -0.0545. The van der Waals surface area contributed by atoms with Gasteiger partial charge in [-0.1, -0.05) is 42.5 Å². The van der Waals surface area contributed by atoms with Gasteiger partial charge in [0.15, 0.2) is 0 Å². The summed E-state index contributed by atoms with van der Waals surface area (Å²) in [7, 11) is 0. The highest BCUT2D eigenvalue weighted by molar-refractivity contribution is 5.87. The quantitative estimate of drug-likeness (QED) is 0.313. The minimum absolute atomic E-state index is 0.116. The van der Waals surface area contributed by atoms with Gasteiger partial charge in [-0.3, -0.25) is 15.0 Å². The number of nitrogens with zero attached hydrogens (tertiary/aromatic N) is 2. The number of nitro groups is 1. The van der Waals surface area contributed by atoms with Crippen LogP contribution in [0.3, 0.4) is 0 Å². The standard InChI is InChI=1S/C22H24N2O4/c25-22(12-11-18-6-2-1-3-7-18)28-17-20-9-5-13-23(16-20)15-19-8-4-10-21(14-19)24(26)27/h1-4,6-8,10-12,14,20H,5,9,13,15-17H2/b12-11+/t20-/m1/s1. The molecule has 3 rings (SSSR count). The fraction of sp³-hybridized carbons (Fsp3) is 0.318. The van der Waals surface area contributed by atoms with Gasteiger partial charge in [-0.05, 0) is 36.6 Å². The van der Waals surface area contributed by atoms with E-state index in [0.29, 0.717) is 13.2 Å². The van der Waals surface area contributed by atoms with Gasteiger partial charge in [0.05, 0.1) is 11.5 Å². The van der Waals surface area contributed by atoms with Crippen molar-refractivity contribution in [3.63, 3.8) is 0 Å². The zero-order chi connectivity index (χ0) is 19.8. The van der Waals surface area contributed by atoms with Crippen LogP contribution in [0.4, 0.5) is 5.69 Å². The Morgan fingerprint density at radius 2 is 2.04 bits per heavy atom. The summed E-state index contributed by atoms with van der Waals surface area (Å²) in [5, 5.41) is 10.9. The highest BCUT2D eigenvalue weighted by Crippen LogP contribution is 2.21. The molecule has 1 aliphatic rings. The lowest BCUT2D eigenvalue weighted by molar-refractivity contribution is -0.384. The predicted octanol–water partition coefficient (Wildman–Crippen LogP) is 4.06. The van der Waals surface area contributed by atoms with E-state index in [-0.39, 0.29) is 22.5 Å². The van der Waals surface area contributed by atoms with Crippen molar-refractivity contribution in [3.8, 4) is 0 Å². The van der Waals surface area contributed by atoms with E-state index in [9.17, 15) is 14.9 Å². The molecule has 6 nitrogen and oxygen atoms in total. The molecule has 0 spiro atoms. The van der Waals surface area contributed by atoms with E-state index in [2.05, 4.69) is 4.90 Å². The zero-order valence-electron chi connectivity index (χ0n) is 15.7. The largest absolute Gasteiger partial charge is 0.462 e. The Bertz CT molecular complexity index is 835. The number of carbonyl (C=O) groups excluding carboxylic acids is 1. The summed E-state index contributed by atoms with van der Waals surface area (Å²) >= 11 is 0. The zero-order valence-corrected chi connectivity index (χ0v) is 15.7. The summed E-state index contributed by atoms with van der Waals surface area (Å²) < 4.78 is 5.41. The number of esters is 1. The minimum atomic E-state index is -0.370. The lowest BCUT2D eigenvalue weighted by atomic mass is 9.98. The first-order valence-corrected chi connectivity index (χ1v) is 9.46. The Morgan fingerprint density at radius 3 is 2.82 bits per heavy atom. The average molecular weight is 380 g/mol. The summed E-state index contributed by atoms with van der Waals surface area (Å²) in [6.45, 7) is 2.82. The van der Waals surface area contributed by atoms with Crippen molar-refractivity contribution in [1.82, 2.24) is 4.90 Å². The molecule has 1 heterocycles. The van der Waals surface area contributed by atoms with Crippen molar-refractivity contribution in [2.45, 2.75) is 19.4 Å². The van der Waals surface area contributed by atoms with Crippen LogP contribution >= 0.6 is 0 Å². The van der Waals surface area contributed by atoms with E-state index in [0.717, 1.165) is 37.1 Å². The van der Waals surface area contributed by atoms with Gasteiger partial charge in [0.25, 0.3) is 5.69 Å². The number of hydrogen-bond donors (Lipinski definition) is 0. The van der Waals surface area contributed by atoms with Gasteiger partial charge in [-0.2, -0.15) is 0 Å². The van der Waals surface area contributed by atoms with Crippen LogP contribution in [-0.4, -0.2) is 35.5 Å². The Morgan fingerprint density at radius 1 is 1.21 bits per heavy atom. The Labute approximate surface area is 164 Å². The number of hydrogen-bond acceptors (Lipinski definition) is 5. The first-order chi connectivity index (χ1) is 13.6. The number of piperidine rings is 1. The second-order valence-corrected chi connectivity index (χ2v) is 7.04. The molecular formula is C22H24N2O4. The van der Waals surface area contributed by atoms with Crippen LogP contribution in [0.2, 0.25) is 0 Å². The highest BCUT2D eigenvalue weighted by atomic mass is 16.6. The maximum absolute atomic E-state index is 11.9. The summed E-state index contributed by atoms with van der Waals surface area (Å²) in [6.07, 6.45) is 5.25. The molecule has 1 fully saturated rings. The third-order valence-electron chi connectivity index (χ3n) is 4.80. The summed E-state index contributed by atoms with van der Waals surface area (Å²) in [6, 6.07) is 16.4. The molecule has 0 amide bonds. The topological polar surface area (TPSA) is 72.7 Å². The van der Waals surface area contributed by atoms with Crippen molar-refractivity contribution < 1.29 is 14.5 Å². The Balaban J connectivity index is 1.47. The third kappa shape index (κ3) is 6.03. The van der Waals surface area contributed by atoms with Gasteiger partial charge in [-0.25, -0.2) is 4.79 Å². The normalized spacial score (nSPS) is 17.5. The van der Waals surface area contributed by atoms with Crippen LogP contribution in [0.15, 0.2) is 60.7 Å². The molecule has 0 aliphatic carbocycles. The molecule has 0 aromatic heterocycles.